The summed E-state index contributed by atoms with van der Waals surface area (Å²) < 4.78 is 11.1. The SMILES string of the molecule is C[C@@H]1C(=O)O[C@H]1C[C@H](Cl)OC(=O)[C@H](Cc1cn(C=O)cn1)NC=O. The average molecular weight is 358 g/mol. The quantitative estimate of drug-likeness (QED) is 0.364. The number of halogens is 1. The smallest absolute Gasteiger partial charge is 0.330 e. The molecule has 0 spiro atoms. The highest BCUT2D eigenvalue weighted by atomic mass is 35.5. The topological polar surface area (TPSA) is 117 Å². The average Bonchev–Trinajstić information content (AvgIpc) is 3.01. The van der Waals surface area contributed by atoms with Gasteiger partial charge in [0.1, 0.15) is 18.5 Å². The fourth-order valence-corrected chi connectivity index (χ4v) is 2.44. The van der Waals surface area contributed by atoms with E-state index in [0.29, 0.717) is 18.5 Å². The van der Waals surface area contributed by atoms with Crippen molar-refractivity contribution < 1.29 is 28.7 Å². The number of hydrogen-bond donors (Lipinski definition) is 1. The van der Waals surface area contributed by atoms with Crippen molar-refractivity contribution in [3.63, 3.8) is 0 Å². The summed E-state index contributed by atoms with van der Waals surface area (Å²) in [5.74, 6) is -1.36. The normalized spacial score (nSPS) is 21.8. The predicted octanol–water partition coefficient (Wildman–Crippen LogP) is -0.362. The van der Waals surface area contributed by atoms with Gasteiger partial charge in [-0.15, -0.1) is 0 Å². The Morgan fingerprint density at radius 3 is 2.88 bits per heavy atom. The van der Waals surface area contributed by atoms with Crippen LogP contribution >= 0.6 is 11.6 Å². The van der Waals surface area contributed by atoms with E-state index >= 15 is 0 Å². The molecule has 2 rings (SSSR count). The third-order valence-electron chi connectivity index (χ3n) is 3.60. The zero-order chi connectivity index (χ0) is 17.7. The van der Waals surface area contributed by atoms with Gasteiger partial charge in [-0.1, -0.05) is 11.6 Å². The Balaban J connectivity index is 1.89. The van der Waals surface area contributed by atoms with Crippen LogP contribution in [0.3, 0.4) is 0 Å². The lowest BCUT2D eigenvalue weighted by molar-refractivity contribution is -0.185. The largest absolute Gasteiger partial charge is 0.461 e. The maximum Gasteiger partial charge on any atom is 0.330 e. The molecule has 4 atom stereocenters. The maximum atomic E-state index is 12.1. The lowest BCUT2D eigenvalue weighted by Gasteiger charge is -2.33. The van der Waals surface area contributed by atoms with Crippen LogP contribution in [-0.4, -0.2) is 52.0 Å². The molecule has 0 saturated carbocycles. The number of alkyl halides is 1. The predicted molar refractivity (Wildman–Crippen MR) is 80.5 cm³/mol. The van der Waals surface area contributed by atoms with Crippen molar-refractivity contribution in [1.82, 2.24) is 14.9 Å². The molecule has 9 nitrogen and oxygen atoms in total. The molecule has 1 aliphatic heterocycles. The molecule has 1 N–H and O–H groups in total. The van der Waals surface area contributed by atoms with E-state index in [9.17, 15) is 19.2 Å². The van der Waals surface area contributed by atoms with Gasteiger partial charge in [-0.05, 0) is 6.92 Å². The van der Waals surface area contributed by atoms with Crippen LogP contribution in [0, 0.1) is 5.92 Å². The second kappa shape index (κ2) is 7.91. The fourth-order valence-electron chi connectivity index (χ4n) is 2.17. The number of carbonyl (C=O) groups is 4. The van der Waals surface area contributed by atoms with E-state index in [1.54, 1.807) is 6.92 Å². The zero-order valence-electron chi connectivity index (χ0n) is 12.8. The number of hydrogen-bond acceptors (Lipinski definition) is 7. The number of imidazole rings is 1. The van der Waals surface area contributed by atoms with Gasteiger partial charge in [-0.25, -0.2) is 9.78 Å². The Labute approximate surface area is 142 Å². The molecule has 130 valence electrons. The van der Waals surface area contributed by atoms with Crippen molar-refractivity contribution in [2.75, 3.05) is 0 Å². The van der Waals surface area contributed by atoms with Gasteiger partial charge in [0.15, 0.2) is 5.56 Å². The number of aromatic nitrogens is 2. The summed E-state index contributed by atoms with van der Waals surface area (Å²) in [6.45, 7) is 1.70. The van der Waals surface area contributed by atoms with Crippen LogP contribution in [0.25, 0.3) is 0 Å². The second-order valence-corrected chi connectivity index (χ2v) is 5.79. The molecule has 0 radical (unpaired) electrons. The number of rotatable bonds is 9. The first-order valence-corrected chi connectivity index (χ1v) is 7.60. The number of amides is 1. The summed E-state index contributed by atoms with van der Waals surface area (Å²) >= 11 is 5.95. The highest BCUT2D eigenvalue weighted by molar-refractivity contribution is 6.20. The molecule has 1 saturated heterocycles. The molecule has 0 aromatic carbocycles. The number of ether oxygens (including phenoxy) is 2. The standard InChI is InChI=1S/C14H16ClN3O6/c1-8-11(23-13(8)21)3-12(15)24-14(22)10(17-6-19)2-9-4-18(7-20)5-16-9/h4-8,10-12H,2-3H2,1H3,(H,17,19)/t8-,10-,11-,12+/m0/s1. The van der Waals surface area contributed by atoms with E-state index in [0.717, 1.165) is 0 Å². The third kappa shape index (κ3) is 4.31. The van der Waals surface area contributed by atoms with Crippen molar-refractivity contribution in [2.24, 2.45) is 5.92 Å². The van der Waals surface area contributed by atoms with Gasteiger partial charge in [0, 0.05) is 19.0 Å². The van der Waals surface area contributed by atoms with Crippen LogP contribution < -0.4 is 5.32 Å². The minimum atomic E-state index is -1.000. The zero-order valence-corrected chi connectivity index (χ0v) is 13.5. The number of cyclic esters (lactones) is 1. The number of nitrogens with zero attached hydrogens (tertiary/aromatic N) is 2. The summed E-state index contributed by atoms with van der Waals surface area (Å²) in [5.41, 5.74) is -0.576. The van der Waals surface area contributed by atoms with Gasteiger partial charge in [0.25, 0.3) is 0 Å². The number of carbonyl (C=O) groups excluding carboxylic acids is 4. The monoisotopic (exact) mass is 357 g/mol. The van der Waals surface area contributed by atoms with E-state index in [2.05, 4.69) is 10.3 Å². The highest BCUT2D eigenvalue weighted by Gasteiger charge is 2.40. The van der Waals surface area contributed by atoms with Gasteiger partial charge in [-0.3, -0.25) is 19.0 Å². The summed E-state index contributed by atoms with van der Waals surface area (Å²) in [4.78, 5) is 48.3. The molecule has 1 amide bonds. The Hall–Kier alpha value is -2.42. The molecule has 10 heteroatoms. The molecular formula is C14H16ClN3O6. The molecule has 24 heavy (non-hydrogen) atoms. The molecule has 0 unspecified atom stereocenters. The minimum absolute atomic E-state index is 0.0385. The van der Waals surface area contributed by atoms with Crippen molar-refractivity contribution in [2.45, 2.75) is 37.5 Å². The lowest BCUT2D eigenvalue weighted by atomic mass is 9.97. The molecule has 0 aliphatic carbocycles. The van der Waals surface area contributed by atoms with Crippen LogP contribution in [0.1, 0.15) is 19.0 Å². The fraction of sp³-hybridized carbons (Fsp3) is 0.500. The molecular weight excluding hydrogens is 342 g/mol. The Morgan fingerprint density at radius 2 is 2.33 bits per heavy atom. The van der Waals surface area contributed by atoms with Gasteiger partial charge >= 0.3 is 11.9 Å². The van der Waals surface area contributed by atoms with E-state index in [1.807, 2.05) is 0 Å². The van der Waals surface area contributed by atoms with Gasteiger partial charge in [0.05, 0.1) is 11.6 Å². The van der Waals surface area contributed by atoms with Gasteiger partial charge in [-0.2, -0.15) is 0 Å². The van der Waals surface area contributed by atoms with Crippen molar-refractivity contribution in [1.29, 1.82) is 0 Å². The summed E-state index contributed by atoms with van der Waals surface area (Å²) in [7, 11) is 0. The van der Waals surface area contributed by atoms with E-state index in [4.69, 9.17) is 21.1 Å². The Kier molecular flexibility index (Phi) is 5.91. The highest BCUT2D eigenvalue weighted by Crippen LogP contribution is 2.27. The summed E-state index contributed by atoms with van der Waals surface area (Å²) in [6, 6.07) is -1.000. The van der Waals surface area contributed by atoms with E-state index in [-0.39, 0.29) is 24.7 Å². The summed E-state index contributed by atoms with van der Waals surface area (Å²) in [5, 5.41) is 2.32. The minimum Gasteiger partial charge on any atom is -0.461 e. The first-order valence-electron chi connectivity index (χ1n) is 7.17. The number of esters is 2. The molecule has 0 bridgehead atoms. The van der Waals surface area contributed by atoms with Crippen LogP contribution in [-0.2, 0) is 35.1 Å². The van der Waals surface area contributed by atoms with Gasteiger partial charge in [0.2, 0.25) is 12.8 Å². The van der Waals surface area contributed by atoms with Crippen LogP contribution in [0.15, 0.2) is 12.5 Å². The molecule has 1 aromatic rings. The van der Waals surface area contributed by atoms with Crippen molar-refractivity contribution in [3.05, 3.63) is 18.2 Å². The Morgan fingerprint density at radius 1 is 1.58 bits per heavy atom. The van der Waals surface area contributed by atoms with Crippen LogP contribution in [0.2, 0.25) is 0 Å². The third-order valence-corrected chi connectivity index (χ3v) is 3.87. The van der Waals surface area contributed by atoms with Crippen molar-refractivity contribution in [3.8, 4) is 0 Å². The molecule has 1 aliphatic rings. The van der Waals surface area contributed by atoms with E-state index in [1.165, 1.54) is 17.1 Å². The Bertz CT molecular complexity index is 634. The summed E-state index contributed by atoms with van der Waals surface area (Å²) in [6.07, 6.45) is 3.42. The molecule has 1 aromatic heterocycles. The first kappa shape index (κ1) is 17.9. The van der Waals surface area contributed by atoms with Crippen LogP contribution in [0.5, 0.6) is 0 Å². The van der Waals surface area contributed by atoms with Crippen LogP contribution in [0.4, 0.5) is 0 Å². The maximum absolute atomic E-state index is 12.1. The van der Waals surface area contributed by atoms with Crippen molar-refractivity contribution >= 4 is 36.4 Å². The molecule has 1 fully saturated rings. The van der Waals surface area contributed by atoms with Gasteiger partial charge < -0.3 is 14.8 Å². The lowest BCUT2D eigenvalue weighted by Crippen LogP contribution is -2.46. The molecule has 2 heterocycles. The second-order valence-electron chi connectivity index (χ2n) is 5.31. The first-order chi connectivity index (χ1) is 11.4. The number of nitrogens with one attached hydrogen (secondary N) is 1. The van der Waals surface area contributed by atoms with E-state index < -0.39 is 23.7 Å².